The molecule has 0 fully saturated rings. The maximum atomic E-state index is 12.4. The second-order valence-corrected chi connectivity index (χ2v) is 7.94. The van der Waals surface area contributed by atoms with Gasteiger partial charge in [0, 0.05) is 31.1 Å². The molecule has 0 aliphatic carbocycles. The predicted molar refractivity (Wildman–Crippen MR) is 102 cm³/mol. The third kappa shape index (κ3) is 4.76. The van der Waals surface area contributed by atoms with Crippen LogP contribution in [0.2, 0.25) is 0 Å². The number of thiazole rings is 1. The van der Waals surface area contributed by atoms with E-state index in [2.05, 4.69) is 5.32 Å². The zero-order chi connectivity index (χ0) is 18.8. The van der Waals surface area contributed by atoms with E-state index in [-0.39, 0.29) is 17.2 Å². The molecule has 0 spiro atoms. The molecule has 6 heteroatoms. The smallest absolute Gasteiger partial charge is 0.268 e. The Morgan fingerprint density at radius 1 is 1.16 bits per heavy atom. The SMILES string of the molecule is CC(=O)Nc1ccc(/C=c2\s/c(=C\C(=O)C(C)(C)C)n(C)c2=O)cc1. The molecule has 0 radical (unpaired) electrons. The fourth-order valence-electron chi connectivity index (χ4n) is 2.05. The maximum Gasteiger partial charge on any atom is 0.268 e. The summed E-state index contributed by atoms with van der Waals surface area (Å²) in [4.78, 5) is 35.6. The number of ketones is 1. The van der Waals surface area contributed by atoms with Crippen molar-refractivity contribution in [3.63, 3.8) is 0 Å². The second-order valence-electron chi connectivity index (χ2n) is 6.87. The minimum atomic E-state index is -0.483. The summed E-state index contributed by atoms with van der Waals surface area (Å²) in [6.07, 6.45) is 3.31. The quantitative estimate of drug-likeness (QED) is 0.907. The summed E-state index contributed by atoms with van der Waals surface area (Å²) in [5.74, 6) is -0.150. The van der Waals surface area contributed by atoms with Crippen LogP contribution < -0.4 is 20.1 Å². The first-order valence-corrected chi connectivity index (χ1v) is 8.71. The summed E-state index contributed by atoms with van der Waals surface area (Å²) in [5, 5.41) is 2.70. The number of Topliss-reactive ketones (excluding diaryl/α,β-unsaturated/α-hetero) is 1. The van der Waals surface area contributed by atoms with Gasteiger partial charge in [0.05, 0.1) is 4.53 Å². The van der Waals surface area contributed by atoms with Crippen molar-refractivity contribution in [1.82, 2.24) is 4.57 Å². The van der Waals surface area contributed by atoms with E-state index >= 15 is 0 Å². The van der Waals surface area contributed by atoms with Gasteiger partial charge in [-0.15, -0.1) is 11.3 Å². The van der Waals surface area contributed by atoms with E-state index in [9.17, 15) is 14.4 Å². The normalized spacial score (nSPS) is 13.2. The van der Waals surface area contributed by atoms with Crippen LogP contribution in [0.4, 0.5) is 5.69 Å². The Bertz CT molecular complexity index is 974. The molecule has 1 aromatic heterocycles. The molecule has 0 aliphatic rings. The van der Waals surface area contributed by atoms with Gasteiger partial charge in [-0.3, -0.25) is 14.4 Å². The molecule has 1 aromatic carbocycles. The molecular weight excluding hydrogens is 336 g/mol. The number of hydrogen-bond acceptors (Lipinski definition) is 4. The Kier molecular flexibility index (Phi) is 5.42. The van der Waals surface area contributed by atoms with Crippen molar-refractivity contribution in [2.24, 2.45) is 12.5 Å². The third-order valence-electron chi connectivity index (χ3n) is 3.58. The molecule has 2 aromatic rings. The van der Waals surface area contributed by atoms with Crippen LogP contribution in [-0.2, 0) is 16.6 Å². The van der Waals surface area contributed by atoms with Crippen LogP contribution in [0.3, 0.4) is 0 Å². The minimum absolute atomic E-state index is 0.0180. The fourth-order valence-corrected chi connectivity index (χ4v) is 3.08. The maximum absolute atomic E-state index is 12.4. The molecule has 0 saturated carbocycles. The Hall–Kier alpha value is -2.47. The summed E-state index contributed by atoms with van der Waals surface area (Å²) in [7, 11) is 1.66. The second kappa shape index (κ2) is 7.19. The molecule has 0 saturated heterocycles. The van der Waals surface area contributed by atoms with Gasteiger partial charge in [0.2, 0.25) is 5.91 Å². The first-order valence-electron chi connectivity index (χ1n) is 7.89. The highest BCUT2D eigenvalue weighted by Crippen LogP contribution is 2.14. The van der Waals surface area contributed by atoms with Crippen LogP contribution in [0.5, 0.6) is 0 Å². The number of nitrogens with zero attached hydrogens (tertiary/aromatic N) is 1. The standard InChI is InChI=1S/C19H22N2O3S/c1-12(22)20-14-8-6-13(7-9-14)10-15-18(24)21(5)17(25-15)11-16(23)19(2,3)4/h6-11H,1-5H3,(H,20,22)/b15-10-,17-11-. The van der Waals surface area contributed by atoms with E-state index in [0.717, 1.165) is 5.56 Å². The number of benzene rings is 1. The third-order valence-corrected chi connectivity index (χ3v) is 4.70. The zero-order valence-corrected chi connectivity index (χ0v) is 15.9. The number of carbonyl (C=O) groups excluding carboxylic acids is 2. The molecule has 25 heavy (non-hydrogen) atoms. The van der Waals surface area contributed by atoms with Crippen LogP contribution in [-0.4, -0.2) is 16.3 Å². The number of nitrogens with one attached hydrogen (secondary N) is 1. The number of anilines is 1. The van der Waals surface area contributed by atoms with Gasteiger partial charge in [0.15, 0.2) is 5.78 Å². The van der Waals surface area contributed by atoms with Crippen LogP contribution in [0.1, 0.15) is 33.3 Å². The molecule has 0 bridgehead atoms. The van der Waals surface area contributed by atoms with Crippen molar-refractivity contribution in [3.05, 3.63) is 49.4 Å². The minimum Gasteiger partial charge on any atom is -0.326 e. The van der Waals surface area contributed by atoms with E-state index in [1.807, 2.05) is 32.9 Å². The van der Waals surface area contributed by atoms with Crippen molar-refractivity contribution >= 4 is 40.9 Å². The Morgan fingerprint density at radius 3 is 2.28 bits per heavy atom. The Balaban J connectivity index is 2.44. The Labute approximate surface area is 150 Å². The van der Waals surface area contributed by atoms with Crippen LogP contribution in [0.25, 0.3) is 12.2 Å². The molecule has 5 nitrogen and oxygen atoms in total. The van der Waals surface area contributed by atoms with Crippen molar-refractivity contribution < 1.29 is 9.59 Å². The molecule has 2 rings (SSSR count). The summed E-state index contributed by atoms with van der Waals surface area (Å²) in [6, 6.07) is 7.21. The number of aromatic nitrogens is 1. The van der Waals surface area contributed by atoms with Crippen molar-refractivity contribution in [2.45, 2.75) is 27.7 Å². The molecule has 1 N–H and O–H groups in total. The average molecular weight is 358 g/mol. The highest BCUT2D eigenvalue weighted by Gasteiger charge is 2.19. The van der Waals surface area contributed by atoms with Gasteiger partial charge in [-0.1, -0.05) is 32.9 Å². The van der Waals surface area contributed by atoms with Crippen molar-refractivity contribution in [1.29, 1.82) is 0 Å². The average Bonchev–Trinajstić information content (AvgIpc) is 2.76. The van der Waals surface area contributed by atoms with Gasteiger partial charge in [0.25, 0.3) is 5.56 Å². The van der Waals surface area contributed by atoms with Gasteiger partial charge in [-0.05, 0) is 23.8 Å². The van der Waals surface area contributed by atoms with Crippen LogP contribution in [0.15, 0.2) is 29.1 Å². The topological polar surface area (TPSA) is 68.2 Å². The largest absolute Gasteiger partial charge is 0.326 e. The Morgan fingerprint density at radius 2 is 1.76 bits per heavy atom. The molecule has 0 atom stereocenters. The van der Waals surface area contributed by atoms with Gasteiger partial charge in [-0.25, -0.2) is 0 Å². The highest BCUT2D eigenvalue weighted by molar-refractivity contribution is 7.07. The summed E-state index contributed by atoms with van der Waals surface area (Å²) >= 11 is 1.29. The molecule has 0 unspecified atom stereocenters. The summed E-state index contributed by atoms with van der Waals surface area (Å²) in [5.41, 5.74) is 0.933. The monoisotopic (exact) mass is 358 g/mol. The molecule has 0 aliphatic heterocycles. The summed E-state index contributed by atoms with van der Waals surface area (Å²) < 4.78 is 2.68. The van der Waals surface area contributed by atoms with E-state index < -0.39 is 5.41 Å². The number of hydrogen-bond donors (Lipinski definition) is 1. The van der Waals surface area contributed by atoms with Crippen molar-refractivity contribution in [2.75, 3.05) is 5.32 Å². The van der Waals surface area contributed by atoms with E-state index in [1.165, 1.54) is 28.9 Å². The number of rotatable bonds is 3. The van der Waals surface area contributed by atoms with Gasteiger partial charge in [0.1, 0.15) is 4.66 Å². The highest BCUT2D eigenvalue weighted by atomic mass is 32.1. The lowest BCUT2D eigenvalue weighted by Crippen LogP contribution is -2.30. The van der Waals surface area contributed by atoms with E-state index in [1.54, 1.807) is 25.3 Å². The van der Waals surface area contributed by atoms with Crippen molar-refractivity contribution in [3.8, 4) is 0 Å². The zero-order valence-electron chi connectivity index (χ0n) is 15.0. The first-order chi connectivity index (χ1) is 11.6. The number of carbonyl (C=O) groups is 2. The lowest BCUT2D eigenvalue weighted by atomic mass is 9.91. The molecule has 1 amide bonds. The van der Waals surface area contributed by atoms with Gasteiger partial charge >= 0.3 is 0 Å². The van der Waals surface area contributed by atoms with Crippen LogP contribution >= 0.6 is 11.3 Å². The molecule has 1 heterocycles. The lowest BCUT2D eigenvalue weighted by Gasteiger charge is -2.12. The van der Waals surface area contributed by atoms with E-state index in [4.69, 9.17) is 0 Å². The first kappa shape index (κ1) is 18.9. The number of amides is 1. The van der Waals surface area contributed by atoms with Gasteiger partial charge in [-0.2, -0.15) is 0 Å². The van der Waals surface area contributed by atoms with Gasteiger partial charge < -0.3 is 9.88 Å². The predicted octanol–water partition coefficient (Wildman–Crippen LogP) is 1.63. The molecule has 132 valence electrons. The molecular formula is C19H22N2O3S. The summed E-state index contributed by atoms with van der Waals surface area (Å²) in [6.45, 7) is 7.00. The van der Waals surface area contributed by atoms with E-state index in [0.29, 0.717) is 14.9 Å². The lowest BCUT2D eigenvalue weighted by molar-refractivity contribution is -0.120. The fraction of sp³-hybridized carbons (Fsp3) is 0.316. The van der Waals surface area contributed by atoms with Crippen LogP contribution in [0, 0.1) is 5.41 Å².